The SMILES string of the molecule is C=CCC(C(=O)OCC)C(=C(C#N)C#N)c1ccccc1. The molecule has 4 heteroatoms. The normalized spacial score (nSPS) is 10.6. The van der Waals surface area contributed by atoms with E-state index in [-0.39, 0.29) is 12.2 Å². The molecule has 106 valence electrons. The number of esters is 1. The number of hydrogen-bond donors (Lipinski definition) is 0. The van der Waals surface area contributed by atoms with Crippen molar-refractivity contribution < 1.29 is 9.53 Å². The lowest BCUT2D eigenvalue weighted by atomic mass is 9.86. The Balaban J connectivity index is 3.45. The third-order valence-electron chi connectivity index (χ3n) is 2.90. The Morgan fingerprint density at radius 3 is 2.43 bits per heavy atom. The maximum absolute atomic E-state index is 12.2. The first-order valence-electron chi connectivity index (χ1n) is 6.56. The summed E-state index contributed by atoms with van der Waals surface area (Å²) in [6.07, 6.45) is 1.88. The maximum Gasteiger partial charge on any atom is 0.313 e. The van der Waals surface area contributed by atoms with Crippen LogP contribution in [-0.2, 0) is 9.53 Å². The molecule has 0 bridgehead atoms. The van der Waals surface area contributed by atoms with E-state index in [1.165, 1.54) is 0 Å². The van der Waals surface area contributed by atoms with E-state index in [4.69, 9.17) is 4.74 Å². The lowest BCUT2D eigenvalue weighted by molar-refractivity contribution is -0.145. The maximum atomic E-state index is 12.2. The van der Waals surface area contributed by atoms with Crippen LogP contribution in [0.1, 0.15) is 18.9 Å². The molecular formula is C17H16N2O2. The monoisotopic (exact) mass is 280 g/mol. The van der Waals surface area contributed by atoms with Crippen molar-refractivity contribution in [1.82, 2.24) is 0 Å². The van der Waals surface area contributed by atoms with Gasteiger partial charge < -0.3 is 4.74 Å². The van der Waals surface area contributed by atoms with Crippen LogP contribution in [0.3, 0.4) is 0 Å². The Morgan fingerprint density at radius 2 is 1.95 bits per heavy atom. The number of rotatable bonds is 6. The van der Waals surface area contributed by atoms with Crippen molar-refractivity contribution in [2.45, 2.75) is 13.3 Å². The average molecular weight is 280 g/mol. The van der Waals surface area contributed by atoms with Crippen molar-refractivity contribution in [2.24, 2.45) is 5.92 Å². The Labute approximate surface area is 124 Å². The van der Waals surface area contributed by atoms with E-state index >= 15 is 0 Å². The Kier molecular flexibility index (Phi) is 6.44. The minimum absolute atomic E-state index is 0.0823. The Morgan fingerprint density at radius 1 is 1.33 bits per heavy atom. The lowest BCUT2D eigenvalue weighted by Gasteiger charge is -2.18. The van der Waals surface area contributed by atoms with Crippen LogP contribution in [0.4, 0.5) is 0 Å². The second-order valence-corrected chi connectivity index (χ2v) is 4.21. The molecule has 1 rings (SSSR count). The molecule has 0 amide bonds. The second-order valence-electron chi connectivity index (χ2n) is 4.21. The van der Waals surface area contributed by atoms with Crippen LogP contribution in [-0.4, -0.2) is 12.6 Å². The number of nitriles is 2. The quantitative estimate of drug-likeness (QED) is 0.455. The summed E-state index contributed by atoms with van der Waals surface area (Å²) >= 11 is 0. The number of ether oxygens (including phenoxy) is 1. The van der Waals surface area contributed by atoms with Gasteiger partial charge in [0.2, 0.25) is 0 Å². The van der Waals surface area contributed by atoms with Gasteiger partial charge in [-0.1, -0.05) is 36.4 Å². The molecule has 21 heavy (non-hydrogen) atoms. The number of allylic oxidation sites excluding steroid dienone is 2. The summed E-state index contributed by atoms with van der Waals surface area (Å²) in [5, 5.41) is 18.4. The van der Waals surface area contributed by atoms with Crippen LogP contribution in [0.2, 0.25) is 0 Å². The molecule has 0 saturated heterocycles. The number of hydrogen-bond acceptors (Lipinski definition) is 4. The summed E-state index contributed by atoms with van der Waals surface area (Å²) in [6, 6.07) is 12.7. The summed E-state index contributed by atoms with van der Waals surface area (Å²) in [5.74, 6) is -1.17. The van der Waals surface area contributed by atoms with Crippen molar-refractivity contribution in [3.05, 3.63) is 54.1 Å². The van der Waals surface area contributed by atoms with Crippen molar-refractivity contribution in [1.29, 1.82) is 10.5 Å². The van der Waals surface area contributed by atoms with Crippen LogP contribution in [0.15, 0.2) is 48.6 Å². The van der Waals surface area contributed by atoms with Gasteiger partial charge in [0.15, 0.2) is 0 Å². The van der Waals surface area contributed by atoms with Crippen LogP contribution >= 0.6 is 0 Å². The van der Waals surface area contributed by atoms with E-state index in [1.807, 2.05) is 18.2 Å². The third kappa shape index (κ3) is 4.06. The summed E-state index contributed by atoms with van der Waals surface area (Å²) < 4.78 is 5.06. The Hall–Kier alpha value is -2.85. The molecule has 0 N–H and O–H groups in total. The van der Waals surface area contributed by atoms with Gasteiger partial charge in [-0.2, -0.15) is 10.5 Å². The molecule has 1 aromatic rings. The highest BCUT2D eigenvalue weighted by molar-refractivity contribution is 5.92. The van der Waals surface area contributed by atoms with Crippen LogP contribution in [0, 0.1) is 28.6 Å². The van der Waals surface area contributed by atoms with Gasteiger partial charge in [0, 0.05) is 5.57 Å². The smallest absolute Gasteiger partial charge is 0.313 e. The highest BCUT2D eigenvalue weighted by Gasteiger charge is 2.27. The fourth-order valence-electron chi connectivity index (χ4n) is 2.02. The van der Waals surface area contributed by atoms with E-state index in [1.54, 1.807) is 37.3 Å². The first-order chi connectivity index (χ1) is 10.2. The largest absolute Gasteiger partial charge is 0.466 e. The predicted molar refractivity (Wildman–Crippen MR) is 79.5 cm³/mol. The van der Waals surface area contributed by atoms with E-state index < -0.39 is 11.9 Å². The molecule has 1 unspecified atom stereocenters. The molecule has 0 aliphatic heterocycles. The van der Waals surface area contributed by atoms with Crippen molar-refractivity contribution in [3.8, 4) is 12.1 Å². The van der Waals surface area contributed by atoms with E-state index in [0.29, 0.717) is 17.6 Å². The van der Waals surface area contributed by atoms with E-state index in [0.717, 1.165) is 0 Å². The molecule has 0 saturated carbocycles. The van der Waals surface area contributed by atoms with Crippen molar-refractivity contribution >= 4 is 11.5 Å². The number of carbonyl (C=O) groups is 1. The number of nitrogens with zero attached hydrogens (tertiary/aromatic N) is 2. The molecule has 1 atom stereocenters. The van der Waals surface area contributed by atoms with Crippen molar-refractivity contribution in [2.75, 3.05) is 6.61 Å². The molecule has 0 fully saturated rings. The summed E-state index contributed by atoms with van der Waals surface area (Å²) in [7, 11) is 0. The lowest BCUT2D eigenvalue weighted by Crippen LogP contribution is -2.20. The van der Waals surface area contributed by atoms with Gasteiger partial charge in [-0.25, -0.2) is 0 Å². The minimum Gasteiger partial charge on any atom is -0.466 e. The fraction of sp³-hybridized carbons (Fsp3) is 0.235. The molecule has 0 aliphatic rings. The second kappa shape index (κ2) is 8.35. The molecule has 1 aromatic carbocycles. The number of carbonyl (C=O) groups excluding carboxylic acids is 1. The van der Waals surface area contributed by atoms with Gasteiger partial charge in [-0.05, 0) is 18.9 Å². The van der Waals surface area contributed by atoms with Crippen LogP contribution in [0.25, 0.3) is 5.57 Å². The minimum atomic E-state index is -0.709. The topological polar surface area (TPSA) is 73.9 Å². The van der Waals surface area contributed by atoms with Gasteiger partial charge >= 0.3 is 5.97 Å². The molecule has 0 aliphatic carbocycles. The van der Waals surface area contributed by atoms with Gasteiger partial charge in [-0.15, -0.1) is 6.58 Å². The summed E-state index contributed by atoms with van der Waals surface area (Å²) in [4.78, 5) is 12.2. The zero-order valence-electron chi connectivity index (χ0n) is 11.9. The molecule has 0 heterocycles. The first-order valence-corrected chi connectivity index (χ1v) is 6.56. The van der Waals surface area contributed by atoms with Crippen molar-refractivity contribution in [3.63, 3.8) is 0 Å². The highest BCUT2D eigenvalue weighted by Crippen LogP contribution is 2.30. The van der Waals surface area contributed by atoms with Crippen LogP contribution in [0.5, 0.6) is 0 Å². The molecule has 0 aromatic heterocycles. The fourth-order valence-corrected chi connectivity index (χ4v) is 2.02. The van der Waals surface area contributed by atoms with Gasteiger partial charge in [-0.3, -0.25) is 4.79 Å². The standard InChI is InChI=1S/C17H16N2O2/c1-3-8-15(17(20)21-4-2)16(14(11-18)12-19)13-9-6-5-7-10-13/h3,5-7,9-10,15H,1,4,8H2,2H3. The molecular weight excluding hydrogens is 264 g/mol. The highest BCUT2D eigenvalue weighted by atomic mass is 16.5. The van der Waals surface area contributed by atoms with E-state index in [9.17, 15) is 15.3 Å². The zero-order valence-corrected chi connectivity index (χ0v) is 11.9. The average Bonchev–Trinajstić information content (AvgIpc) is 2.52. The zero-order chi connectivity index (χ0) is 15.7. The number of benzene rings is 1. The first kappa shape index (κ1) is 16.2. The third-order valence-corrected chi connectivity index (χ3v) is 2.90. The van der Waals surface area contributed by atoms with Gasteiger partial charge in [0.25, 0.3) is 0 Å². The van der Waals surface area contributed by atoms with Gasteiger partial charge in [0.1, 0.15) is 17.7 Å². The van der Waals surface area contributed by atoms with Gasteiger partial charge in [0.05, 0.1) is 12.5 Å². The van der Waals surface area contributed by atoms with E-state index in [2.05, 4.69) is 6.58 Å². The predicted octanol–water partition coefficient (Wildman–Crippen LogP) is 3.24. The molecule has 0 spiro atoms. The van der Waals surface area contributed by atoms with Crippen LogP contribution < -0.4 is 0 Å². The summed E-state index contributed by atoms with van der Waals surface area (Å²) in [6.45, 7) is 5.59. The molecule has 4 nitrogen and oxygen atoms in total. The summed E-state index contributed by atoms with van der Waals surface area (Å²) in [5.41, 5.74) is 0.968. The Bertz CT molecular complexity index is 602. The molecule has 0 radical (unpaired) electrons.